The summed E-state index contributed by atoms with van der Waals surface area (Å²) in [6.07, 6.45) is 0. The summed E-state index contributed by atoms with van der Waals surface area (Å²) in [6.45, 7) is 5.65. The largest absolute Gasteiger partial charge is 0.478 e. The van der Waals surface area contributed by atoms with Gasteiger partial charge in [-0.25, -0.2) is 4.79 Å². The monoisotopic (exact) mass is 287 g/mol. The van der Waals surface area contributed by atoms with Gasteiger partial charge in [0.1, 0.15) is 6.54 Å². The van der Waals surface area contributed by atoms with E-state index >= 15 is 0 Å². The maximum atomic E-state index is 12.1. The van der Waals surface area contributed by atoms with Crippen molar-refractivity contribution in [2.45, 2.75) is 27.3 Å². The second-order valence-electron chi connectivity index (χ2n) is 4.97. The van der Waals surface area contributed by atoms with Gasteiger partial charge in [0.15, 0.2) is 0 Å². The first kappa shape index (κ1) is 14.8. The van der Waals surface area contributed by atoms with E-state index in [1.807, 2.05) is 26.8 Å². The van der Waals surface area contributed by atoms with Crippen molar-refractivity contribution in [3.63, 3.8) is 0 Å². The van der Waals surface area contributed by atoms with Crippen LogP contribution in [0.15, 0.2) is 24.3 Å². The van der Waals surface area contributed by atoms with Crippen LogP contribution in [0.25, 0.3) is 0 Å². The number of aryl methyl sites for hydroxylation is 3. The summed E-state index contributed by atoms with van der Waals surface area (Å²) < 4.78 is 1.61. The highest BCUT2D eigenvalue weighted by Gasteiger charge is 2.11. The van der Waals surface area contributed by atoms with Crippen molar-refractivity contribution in [2.75, 3.05) is 5.32 Å². The molecule has 2 N–H and O–H groups in total. The van der Waals surface area contributed by atoms with Gasteiger partial charge in [0.25, 0.3) is 0 Å². The van der Waals surface area contributed by atoms with Crippen LogP contribution in [-0.4, -0.2) is 26.8 Å². The lowest BCUT2D eigenvalue weighted by Gasteiger charge is -2.10. The van der Waals surface area contributed by atoms with Gasteiger partial charge in [-0.3, -0.25) is 9.48 Å². The molecule has 1 amide bonds. The fourth-order valence-electron chi connectivity index (χ4n) is 2.05. The van der Waals surface area contributed by atoms with Crippen molar-refractivity contribution >= 4 is 17.6 Å². The third-order valence-corrected chi connectivity index (χ3v) is 3.16. The minimum Gasteiger partial charge on any atom is -0.478 e. The quantitative estimate of drug-likeness (QED) is 0.902. The fourth-order valence-corrected chi connectivity index (χ4v) is 2.05. The maximum Gasteiger partial charge on any atom is 0.335 e. The van der Waals surface area contributed by atoms with Gasteiger partial charge in [-0.2, -0.15) is 5.10 Å². The molecule has 0 unspecified atom stereocenters. The molecular formula is C15H17N3O3. The van der Waals surface area contributed by atoms with E-state index in [1.54, 1.807) is 10.7 Å². The van der Waals surface area contributed by atoms with Crippen molar-refractivity contribution in [2.24, 2.45) is 0 Å². The Morgan fingerprint density at radius 2 is 1.95 bits per heavy atom. The molecule has 0 atom stereocenters. The molecule has 110 valence electrons. The summed E-state index contributed by atoms with van der Waals surface area (Å²) in [6, 6.07) is 6.52. The Kier molecular flexibility index (Phi) is 4.07. The lowest BCUT2D eigenvalue weighted by Crippen LogP contribution is -2.21. The molecule has 0 saturated carbocycles. The molecule has 0 aliphatic rings. The average molecular weight is 287 g/mol. The predicted octanol–water partition coefficient (Wildman–Crippen LogP) is 2.15. The number of aromatic carboxylic acids is 1. The van der Waals surface area contributed by atoms with Crippen LogP contribution in [0.5, 0.6) is 0 Å². The third kappa shape index (κ3) is 3.47. The Hall–Kier alpha value is -2.63. The van der Waals surface area contributed by atoms with E-state index in [4.69, 9.17) is 5.11 Å². The van der Waals surface area contributed by atoms with E-state index in [1.165, 1.54) is 12.1 Å². The summed E-state index contributed by atoms with van der Waals surface area (Å²) in [7, 11) is 0. The van der Waals surface area contributed by atoms with Crippen LogP contribution in [0.4, 0.5) is 5.69 Å². The number of carbonyl (C=O) groups excluding carboxylic acids is 1. The van der Waals surface area contributed by atoms with Gasteiger partial charge >= 0.3 is 5.97 Å². The first-order valence-corrected chi connectivity index (χ1v) is 6.51. The Bertz CT molecular complexity index is 704. The van der Waals surface area contributed by atoms with Gasteiger partial charge in [-0.1, -0.05) is 6.07 Å². The lowest BCUT2D eigenvalue weighted by atomic mass is 10.1. The van der Waals surface area contributed by atoms with Gasteiger partial charge < -0.3 is 10.4 Å². The molecule has 0 bridgehead atoms. The van der Waals surface area contributed by atoms with E-state index in [0.29, 0.717) is 5.69 Å². The standard InChI is InChI=1S/C15H17N3O3/c1-9-4-5-12(15(20)21)7-13(9)16-14(19)8-18-11(3)6-10(2)17-18/h4-7H,8H2,1-3H3,(H,16,19)(H,20,21). The summed E-state index contributed by atoms with van der Waals surface area (Å²) in [4.78, 5) is 23.0. The summed E-state index contributed by atoms with van der Waals surface area (Å²) >= 11 is 0. The Morgan fingerprint density at radius 3 is 2.52 bits per heavy atom. The SMILES string of the molecule is Cc1cc(C)n(CC(=O)Nc2cc(C(=O)O)ccc2C)n1. The number of rotatable bonds is 4. The summed E-state index contributed by atoms with van der Waals surface area (Å²) in [5.74, 6) is -1.27. The molecule has 0 fully saturated rings. The minimum absolute atomic E-state index is 0.0937. The third-order valence-electron chi connectivity index (χ3n) is 3.16. The zero-order chi connectivity index (χ0) is 15.6. The molecule has 0 radical (unpaired) electrons. The molecule has 6 nitrogen and oxygen atoms in total. The van der Waals surface area contributed by atoms with Crippen LogP contribution in [0, 0.1) is 20.8 Å². The highest BCUT2D eigenvalue weighted by molar-refractivity contribution is 5.94. The Morgan fingerprint density at radius 1 is 1.24 bits per heavy atom. The molecule has 1 aromatic heterocycles. The second kappa shape index (κ2) is 5.78. The highest BCUT2D eigenvalue weighted by atomic mass is 16.4. The van der Waals surface area contributed by atoms with Crippen molar-refractivity contribution in [1.29, 1.82) is 0 Å². The summed E-state index contributed by atoms with van der Waals surface area (Å²) in [5, 5.41) is 15.9. The molecular weight excluding hydrogens is 270 g/mol. The molecule has 2 aromatic rings. The van der Waals surface area contributed by atoms with Gasteiger partial charge in [-0.05, 0) is 44.5 Å². The molecule has 2 rings (SSSR count). The predicted molar refractivity (Wildman–Crippen MR) is 78.5 cm³/mol. The number of hydrogen-bond donors (Lipinski definition) is 2. The number of nitrogens with zero attached hydrogens (tertiary/aromatic N) is 2. The number of anilines is 1. The molecule has 0 aliphatic carbocycles. The van der Waals surface area contributed by atoms with Crippen LogP contribution in [0.2, 0.25) is 0 Å². The van der Waals surface area contributed by atoms with Crippen LogP contribution < -0.4 is 5.32 Å². The van der Waals surface area contributed by atoms with Gasteiger partial charge in [-0.15, -0.1) is 0 Å². The van der Waals surface area contributed by atoms with E-state index < -0.39 is 5.97 Å². The van der Waals surface area contributed by atoms with Crippen LogP contribution in [0.3, 0.4) is 0 Å². The van der Waals surface area contributed by atoms with E-state index in [9.17, 15) is 9.59 Å². The van der Waals surface area contributed by atoms with Gasteiger partial charge in [0.2, 0.25) is 5.91 Å². The molecule has 0 aliphatic heterocycles. The van der Waals surface area contributed by atoms with E-state index in [2.05, 4.69) is 10.4 Å². The molecule has 21 heavy (non-hydrogen) atoms. The van der Waals surface area contributed by atoms with Crippen molar-refractivity contribution in [3.8, 4) is 0 Å². The van der Waals surface area contributed by atoms with Crippen LogP contribution in [0.1, 0.15) is 27.3 Å². The number of amides is 1. The zero-order valence-corrected chi connectivity index (χ0v) is 12.2. The number of aromatic nitrogens is 2. The number of carboxylic acid groups (broad SMARTS) is 1. The second-order valence-corrected chi connectivity index (χ2v) is 4.97. The molecule has 1 heterocycles. The minimum atomic E-state index is -1.02. The van der Waals surface area contributed by atoms with E-state index in [0.717, 1.165) is 17.0 Å². The number of nitrogens with one attached hydrogen (secondary N) is 1. The average Bonchev–Trinajstić information content (AvgIpc) is 2.70. The van der Waals surface area contributed by atoms with Crippen LogP contribution >= 0.6 is 0 Å². The number of benzene rings is 1. The Balaban J connectivity index is 2.14. The first-order chi connectivity index (χ1) is 9.86. The molecule has 0 spiro atoms. The van der Waals surface area contributed by atoms with Gasteiger partial charge in [0.05, 0.1) is 11.3 Å². The van der Waals surface area contributed by atoms with Gasteiger partial charge in [0, 0.05) is 11.4 Å². The van der Waals surface area contributed by atoms with E-state index in [-0.39, 0.29) is 18.0 Å². The molecule has 6 heteroatoms. The molecule has 0 saturated heterocycles. The van der Waals surface area contributed by atoms with Crippen molar-refractivity contribution in [3.05, 3.63) is 46.8 Å². The van der Waals surface area contributed by atoms with Crippen LogP contribution in [-0.2, 0) is 11.3 Å². The number of carbonyl (C=O) groups is 2. The van der Waals surface area contributed by atoms with Crippen molar-refractivity contribution in [1.82, 2.24) is 9.78 Å². The van der Waals surface area contributed by atoms with Crippen molar-refractivity contribution < 1.29 is 14.7 Å². The normalized spacial score (nSPS) is 10.4. The smallest absolute Gasteiger partial charge is 0.335 e. The summed E-state index contributed by atoms with van der Waals surface area (Å²) in [5.41, 5.74) is 3.20. The number of hydrogen-bond acceptors (Lipinski definition) is 3. The topological polar surface area (TPSA) is 84.2 Å². The number of carboxylic acids is 1. The highest BCUT2D eigenvalue weighted by Crippen LogP contribution is 2.17. The first-order valence-electron chi connectivity index (χ1n) is 6.51. The molecule has 1 aromatic carbocycles. The fraction of sp³-hybridized carbons (Fsp3) is 0.267. The maximum absolute atomic E-state index is 12.1. The zero-order valence-electron chi connectivity index (χ0n) is 12.2. The Labute approximate surface area is 122 Å². The lowest BCUT2D eigenvalue weighted by molar-refractivity contribution is -0.116.